The lowest BCUT2D eigenvalue weighted by molar-refractivity contribution is 0.0942. The van der Waals surface area contributed by atoms with Gasteiger partial charge in [0.2, 0.25) is 0 Å². The van der Waals surface area contributed by atoms with E-state index < -0.39 is 0 Å². The molecule has 1 aliphatic carbocycles. The summed E-state index contributed by atoms with van der Waals surface area (Å²) in [5.74, 6) is 1.39. The van der Waals surface area contributed by atoms with Gasteiger partial charge in [-0.3, -0.25) is 4.79 Å². The lowest BCUT2D eigenvalue weighted by Gasteiger charge is -2.26. The molecule has 104 valence electrons. The molecule has 2 rings (SSSR count). The summed E-state index contributed by atoms with van der Waals surface area (Å²) in [4.78, 5) is 12.1. The second-order valence-corrected chi connectivity index (χ2v) is 6.48. The van der Waals surface area contributed by atoms with Crippen LogP contribution in [0.5, 0.6) is 0 Å². The number of carbonyl (C=O) groups is 1. The summed E-state index contributed by atoms with van der Waals surface area (Å²) in [6, 6.07) is 5.36. The summed E-state index contributed by atoms with van der Waals surface area (Å²) in [6.45, 7) is 3.06. The second kappa shape index (κ2) is 6.42. The van der Waals surface area contributed by atoms with Crippen LogP contribution in [0, 0.1) is 11.8 Å². The van der Waals surface area contributed by atoms with Crippen molar-refractivity contribution in [3.63, 3.8) is 0 Å². The van der Waals surface area contributed by atoms with Crippen LogP contribution >= 0.6 is 15.9 Å². The molecule has 1 saturated carbocycles. The summed E-state index contributed by atoms with van der Waals surface area (Å²) in [5.41, 5.74) is 6.92. The lowest BCUT2D eigenvalue weighted by Crippen LogP contribution is -2.31. The van der Waals surface area contributed by atoms with E-state index in [0.717, 1.165) is 16.9 Å². The smallest absolute Gasteiger partial charge is 0.253 e. The Balaban J connectivity index is 1.89. The normalized spacial score (nSPS) is 23.1. The maximum absolute atomic E-state index is 12.1. The molecule has 0 bridgehead atoms. The van der Waals surface area contributed by atoms with Crippen molar-refractivity contribution in [3.05, 3.63) is 28.2 Å². The van der Waals surface area contributed by atoms with E-state index in [1.54, 1.807) is 12.1 Å². The minimum Gasteiger partial charge on any atom is -0.398 e. The molecule has 0 saturated heterocycles. The first kappa shape index (κ1) is 14.4. The average Bonchev–Trinajstić information content (AvgIpc) is 2.40. The molecule has 1 fully saturated rings. The van der Waals surface area contributed by atoms with Gasteiger partial charge in [-0.15, -0.1) is 0 Å². The Bertz CT molecular complexity index is 453. The molecule has 1 amide bonds. The quantitative estimate of drug-likeness (QED) is 0.835. The highest BCUT2D eigenvalue weighted by Gasteiger charge is 2.19. The summed E-state index contributed by atoms with van der Waals surface area (Å²) in [5, 5.41) is 3.01. The number of benzene rings is 1. The molecule has 3 nitrogen and oxygen atoms in total. The van der Waals surface area contributed by atoms with Crippen LogP contribution in [-0.4, -0.2) is 12.5 Å². The molecule has 0 aliphatic heterocycles. The number of anilines is 1. The SMILES string of the molecule is CC1CCC(CNC(=O)c2cc(Br)ccc2N)CC1. The van der Waals surface area contributed by atoms with Gasteiger partial charge in [-0.1, -0.05) is 35.7 Å². The van der Waals surface area contributed by atoms with E-state index in [1.807, 2.05) is 6.07 Å². The van der Waals surface area contributed by atoms with Crippen molar-refractivity contribution in [1.82, 2.24) is 5.32 Å². The minimum atomic E-state index is -0.0718. The van der Waals surface area contributed by atoms with Crippen molar-refractivity contribution in [2.75, 3.05) is 12.3 Å². The molecule has 4 heteroatoms. The zero-order valence-electron chi connectivity index (χ0n) is 11.3. The Morgan fingerprint density at radius 1 is 1.37 bits per heavy atom. The number of nitrogen functional groups attached to an aromatic ring is 1. The molecule has 0 unspecified atom stereocenters. The third-order valence-electron chi connectivity index (χ3n) is 3.95. The lowest BCUT2D eigenvalue weighted by atomic mass is 9.83. The first-order valence-electron chi connectivity index (χ1n) is 6.89. The van der Waals surface area contributed by atoms with Gasteiger partial charge in [0.05, 0.1) is 5.56 Å². The average molecular weight is 325 g/mol. The maximum atomic E-state index is 12.1. The number of nitrogens with two attached hydrogens (primary N) is 1. The first-order valence-corrected chi connectivity index (χ1v) is 7.68. The third kappa shape index (κ3) is 3.96. The van der Waals surface area contributed by atoms with Gasteiger partial charge in [-0.25, -0.2) is 0 Å². The highest BCUT2D eigenvalue weighted by Crippen LogP contribution is 2.27. The van der Waals surface area contributed by atoms with E-state index in [1.165, 1.54) is 25.7 Å². The third-order valence-corrected chi connectivity index (χ3v) is 4.44. The van der Waals surface area contributed by atoms with Crippen molar-refractivity contribution in [1.29, 1.82) is 0 Å². The van der Waals surface area contributed by atoms with E-state index in [4.69, 9.17) is 5.73 Å². The molecule has 3 N–H and O–H groups in total. The monoisotopic (exact) mass is 324 g/mol. The molecule has 19 heavy (non-hydrogen) atoms. The number of carbonyl (C=O) groups excluding carboxylic acids is 1. The number of amides is 1. The fourth-order valence-corrected chi connectivity index (χ4v) is 2.95. The van der Waals surface area contributed by atoms with Crippen LogP contribution in [0.1, 0.15) is 43.0 Å². The van der Waals surface area contributed by atoms with Crippen molar-refractivity contribution in [2.24, 2.45) is 11.8 Å². The van der Waals surface area contributed by atoms with Gasteiger partial charge in [-0.2, -0.15) is 0 Å². The summed E-state index contributed by atoms with van der Waals surface area (Å²) < 4.78 is 0.873. The zero-order valence-corrected chi connectivity index (χ0v) is 12.9. The molecule has 1 aromatic rings. The number of hydrogen-bond acceptors (Lipinski definition) is 2. The van der Waals surface area contributed by atoms with Gasteiger partial charge in [-0.05, 0) is 42.9 Å². The number of rotatable bonds is 3. The van der Waals surface area contributed by atoms with Crippen molar-refractivity contribution >= 4 is 27.5 Å². The van der Waals surface area contributed by atoms with E-state index in [-0.39, 0.29) is 5.91 Å². The molecule has 1 aromatic carbocycles. The van der Waals surface area contributed by atoms with Crippen molar-refractivity contribution in [2.45, 2.75) is 32.6 Å². The number of nitrogens with one attached hydrogen (secondary N) is 1. The number of halogens is 1. The zero-order chi connectivity index (χ0) is 13.8. The van der Waals surface area contributed by atoms with Gasteiger partial charge >= 0.3 is 0 Å². The Kier molecular flexibility index (Phi) is 4.86. The molecular weight excluding hydrogens is 304 g/mol. The van der Waals surface area contributed by atoms with Crippen LogP contribution in [0.25, 0.3) is 0 Å². The van der Waals surface area contributed by atoms with Crippen LogP contribution in [0.3, 0.4) is 0 Å². The van der Waals surface area contributed by atoms with E-state index in [0.29, 0.717) is 17.2 Å². The van der Waals surface area contributed by atoms with Gasteiger partial charge in [0.15, 0.2) is 0 Å². The molecule has 0 spiro atoms. The Labute approximate surface area is 123 Å². The summed E-state index contributed by atoms with van der Waals surface area (Å²) in [6.07, 6.45) is 4.99. The Morgan fingerprint density at radius 3 is 2.74 bits per heavy atom. The van der Waals surface area contributed by atoms with Crippen LogP contribution in [0.15, 0.2) is 22.7 Å². The fourth-order valence-electron chi connectivity index (χ4n) is 2.59. The van der Waals surface area contributed by atoms with Crippen LogP contribution < -0.4 is 11.1 Å². The molecular formula is C15H21BrN2O. The van der Waals surface area contributed by atoms with E-state index >= 15 is 0 Å². The summed E-state index contributed by atoms with van der Waals surface area (Å²) >= 11 is 3.36. The van der Waals surface area contributed by atoms with E-state index in [9.17, 15) is 4.79 Å². The standard InChI is InChI=1S/C15H21BrN2O/c1-10-2-4-11(5-3-10)9-18-15(19)13-8-12(16)6-7-14(13)17/h6-8,10-11H,2-5,9,17H2,1H3,(H,18,19). The summed E-state index contributed by atoms with van der Waals surface area (Å²) in [7, 11) is 0. The predicted octanol–water partition coefficient (Wildman–Crippen LogP) is 3.59. The van der Waals surface area contributed by atoms with Gasteiger partial charge < -0.3 is 11.1 Å². The Morgan fingerprint density at radius 2 is 2.05 bits per heavy atom. The first-order chi connectivity index (χ1) is 9.06. The molecule has 1 aliphatic rings. The predicted molar refractivity (Wildman–Crippen MR) is 82.0 cm³/mol. The molecule has 0 atom stereocenters. The van der Waals surface area contributed by atoms with E-state index in [2.05, 4.69) is 28.2 Å². The highest BCUT2D eigenvalue weighted by molar-refractivity contribution is 9.10. The maximum Gasteiger partial charge on any atom is 0.253 e. The highest BCUT2D eigenvalue weighted by atomic mass is 79.9. The van der Waals surface area contributed by atoms with Crippen LogP contribution in [0.4, 0.5) is 5.69 Å². The second-order valence-electron chi connectivity index (χ2n) is 5.57. The van der Waals surface area contributed by atoms with Crippen molar-refractivity contribution < 1.29 is 4.79 Å². The molecule has 0 heterocycles. The topological polar surface area (TPSA) is 55.1 Å². The Hall–Kier alpha value is -1.03. The molecule has 0 aromatic heterocycles. The number of hydrogen-bond donors (Lipinski definition) is 2. The van der Waals surface area contributed by atoms with Crippen LogP contribution in [-0.2, 0) is 0 Å². The molecule has 0 radical (unpaired) electrons. The van der Waals surface area contributed by atoms with Crippen LogP contribution in [0.2, 0.25) is 0 Å². The largest absolute Gasteiger partial charge is 0.398 e. The van der Waals surface area contributed by atoms with Gasteiger partial charge in [0.1, 0.15) is 0 Å². The van der Waals surface area contributed by atoms with Gasteiger partial charge in [0.25, 0.3) is 5.91 Å². The van der Waals surface area contributed by atoms with Gasteiger partial charge in [0, 0.05) is 16.7 Å². The minimum absolute atomic E-state index is 0.0718. The van der Waals surface area contributed by atoms with Crippen molar-refractivity contribution in [3.8, 4) is 0 Å². The fraction of sp³-hybridized carbons (Fsp3) is 0.533.